The summed E-state index contributed by atoms with van der Waals surface area (Å²) in [6, 6.07) is 11.7. The average Bonchev–Trinajstić information content (AvgIpc) is 3.37. The summed E-state index contributed by atoms with van der Waals surface area (Å²) in [5.74, 6) is -0.465. The van der Waals surface area contributed by atoms with Crippen molar-refractivity contribution in [2.24, 2.45) is 0 Å². The number of nitrogens with one attached hydrogen (secondary N) is 2. The van der Waals surface area contributed by atoms with E-state index in [4.69, 9.17) is 0 Å². The van der Waals surface area contributed by atoms with Gasteiger partial charge in [-0.25, -0.2) is 0 Å². The van der Waals surface area contributed by atoms with Gasteiger partial charge in [0, 0.05) is 43.5 Å². The van der Waals surface area contributed by atoms with Gasteiger partial charge in [0.2, 0.25) is 0 Å². The molecule has 0 saturated carbocycles. The van der Waals surface area contributed by atoms with Gasteiger partial charge in [-0.15, -0.1) is 0 Å². The van der Waals surface area contributed by atoms with E-state index in [0.717, 1.165) is 37.5 Å². The number of anilines is 1. The maximum absolute atomic E-state index is 12.9. The molecular formula is C26H31F3N4O2. The molecule has 0 atom stereocenters. The third-order valence-electron chi connectivity index (χ3n) is 6.71. The number of para-hydroxylation sites is 1. The van der Waals surface area contributed by atoms with Gasteiger partial charge in [0.05, 0.1) is 11.1 Å². The van der Waals surface area contributed by atoms with Gasteiger partial charge in [0.25, 0.3) is 11.8 Å². The molecule has 9 heteroatoms. The Morgan fingerprint density at radius 1 is 0.886 bits per heavy atom. The van der Waals surface area contributed by atoms with E-state index in [0.29, 0.717) is 38.0 Å². The molecule has 2 aliphatic heterocycles. The van der Waals surface area contributed by atoms with Crippen LogP contribution in [0, 0.1) is 0 Å². The van der Waals surface area contributed by atoms with E-state index in [1.807, 2.05) is 24.3 Å². The van der Waals surface area contributed by atoms with Gasteiger partial charge in [0.1, 0.15) is 0 Å². The molecule has 0 aromatic heterocycles. The smallest absolute Gasteiger partial charge is 0.371 e. The minimum Gasteiger partial charge on any atom is -0.371 e. The molecule has 0 bridgehead atoms. The van der Waals surface area contributed by atoms with E-state index in [2.05, 4.69) is 20.4 Å². The van der Waals surface area contributed by atoms with Gasteiger partial charge >= 0.3 is 6.18 Å². The average molecular weight is 489 g/mol. The molecule has 0 radical (unpaired) electrons. The van der Waals surface area contributed by atoms with Crippen LogP contribution in [0.2, 0.25) is 0 Å². The lowest BCUT2D eigenvalue weighted by molar-refractivity contribution is -0.137. The molecule has 2 heterocycles. The Labute approximate surface area is 203 Å². The molecule has 2 amide bonds. The van der Waals surface area contributed by atoms with Crippen molar-refractivity contribution >= 4 is 17.5 Å². The number of nitrogens with zero attached hydrogens (tertiary/aromatic N) is 2. The lowest BCUT2D eigenvalue weighted by Gasteiger charge is -2.35. The number of hydrogen-bond acceptors (Lipinski definition) is 4. The molecule has 188 valence electrons. The highest BCUT2D eigenvalue weighted by molar-refractivity contribution is 5.99. The number of benzene rings is 2. The van der Waals surface area contributed by atoms with Gasteiger partial charge in [-0.2, -0.15) is 13.2 Å². The fraction of sp³-hybridized carbons (Fsp3) is 0.462. The monoisotopic (exact) mass is 488 g/mol. The number of piperidine rings is 1. The number of amides is 2. The molecule has 4 rings (SSSR count). The molecule has 0 aliphatic carbocycles. The first-order chi connectivity index (χ1) is 16.8. The Hall–Kier alpha value is -3.07. The highest BCUT2D eigenvalue weighted by Gasteiger charge is 2.30. The molecular weight excluding hydrogens is 457 g/mol. The molecule has 2 aliphatic rings. The standard InChI is InChI=1S/C26H31F3N4O2/c27-26(28,29)20-9-7-19(8-10-20)24(34)31-21-11-16-33(17-12-21)23-6-2-1-5-22(23)25(35)30-13-18-32-14-3-4-15-32/h1-2,5-10,21H,3-4,11-18H2,(H,30,35)(H,31,34). The number of hydrogen-bond donors (Lipinski definition) is 2. The molecule has 2 fully saturated rings. The number of likely N-dealkylation sites (tertiary alicyclic amines) is 1. The SMILES string of the molecule is O=C(NC1CCN(c2ccccc2C(=O)NCCN2CCCC2)CC1)c1ccc(C(F)(F)F)cc1. The van der Waals surface area contributed by atoms with E-state index in [1.165, 1.54) is 25.0 Å². The lowest BCUT2D eigenvalue weighted by Crippen LogP contribution is -2.45. The minimum absolute atomic E-state index is 0.0810. The summed E-state index contributed by atoms with van der Waals surface area (Å²) in [5, 5.41) is 5.96. The molecule has 2 aromatic carbocycles. The van der Waals surface area contributed by atoms with Crippen LogP contribution in [0.25, 0.3) is 0 Å². The lowest BCUT2D eigenvalue weighted by atomic mass is 10.0. The normalized spacial score (nSPS) is 17.4. The van der Waals surface area contributed by atoms with E-state index >= 15 is 0 Å². The highest BCUT2D eigenvalue weighted by Crippen LogP contribution is 2.29. The van der Waals surface area contributed by atoms with Crippen LogP contribution in [-0.2, 0) is 6.18 Å². The van der Waals surface area contributed by atoms with Crippen molar-refractivity contribution in [3.63, 3.8) is 0 Å². The van der Waals surface area contributed by atoms with Crippen molar-refractivity contribution in [3.05, 3.63) is 65.2 Å². The van der Waals surface area contributed by atoms with Gasteiger partial charge in [-0.3, -0.25) is 9.59 Å². The number of carbonyl (C=O) groups excluding carboxylic acids is 2. The second-order valence-electron chi connectivity index (χ2n) is 9.13. The zero-order chi connectivity index (χ0) is 24.8. The minimum atomic E-state index is -4.43. The van der Waals surface area contributed by atoms with Crippen LogP contribution in [-0.4, -0.2) is 62.0 Å². The van der Waals surface area contributed by atoms with Crippen LogP contribution in [0.4, 0.5) is 18.9 Å². The summed E-state index contributed by atoms with van der Waals surface area (Å²) in [4.78, 5) is 29.9. The first kappa shape index (κ1) is 25.0. The van der Waals surface area contributed by atoms with Crippen molar-refractivity contribution < 1.29 is 22.8 Å². The Morgan fingerprint density at radius 2 is 1.54 bits per heavy atom. The Kier molecular flexibility index (Phi) is 7.95. The second-order valence-corrected chi connectivity index (χ2v) is 9.13. The van der Waals surface area contributed by atoms with Crippen LogP contribution in [0.15, 0.2) is 48.5 Å². The van der Waals surface area contributed by atoms with Crippen LogP contribution in [0.1, 0.15) is 52.0 Å². The van der Waals surface area contributed by atoms with Crippen molar-refractivity contribution in [1.29, 1.82) is 0 Å². The first-order valence-electron chi connectivity index (χ1n) is 12.1. The van der Waals surface area contributed by atoms with E-state index in [9.17, 15) is 22.8 Å². The van der Waals surface area contributed by atoms with E-state index < -0.39 is 11.7 Å². The molecule has 0 unspecified atom stereocenters. The summed E-state index contributed by atoms with van der Waals surface area (Å²) in [7, 11) is 0. The third kappa shape index (κ3) is 6.54. The molecule has 2 saturated heterocycles. The zero-order valence-electron chi connectivity index (χ0n) is 19.6. The largest absolute Gasteiger partial charge is 0.416 e. The Balaban J connectivity index is 1.29. The van der Waals surface area contributed by atoms with Crippen LogP contribution in [0.3, 0.4) is 0 Å². The third-order valence-corrected chi connectivity index (χ3v) is 6.71. The van der Waals surface area contributed by atoms with Crippen molar-refractivity contribution in [2.75, 3.05) is 44.2 Å². The maximum atomic E-state index is 12.9. The fourth-order valence-corrected chi connectivity index (χ4v) is 4.71. The number of alkyl halides is 3. The zero-order valence-corrected chi connectivity index (χ0v) is 19.6. The van der Waals surface area contributed by atoms with E-state index in [-0.39, 0.29) is 23.4 Å². The van der Waals surface area contributed by atoms with Gasteiger partial charge in [-0.1, -0.05) is 12.1 Å². The van der Waals surface area contributed by atoms with Crippen LogP contribution in [0.5, 0.6) is 0 Å². The summed E-state index contributed by atoms with van der Waals surface area (Å²) >= 11 is 0. The Morgan fingerprint density at radius 3 is 2.20 bits per heavy atom. The summed E-state index contributed by atoms with van der Waals surface area (Å²) in [5.41, 5.74) is 0.942. The van der Waals surface area contributed by atoms with E-state index in [1.54, 1.807) is 0 Å². The predicted octanol–water partition coefficient (Wildman–Crippen LogP) is 3.93. The predicted molar refractivity (Wildman–Crippen MR) is 129 cm³/mol. The summed E-state index contributed by atoms with van der Waals surface area (Å²) < 4.78 is 38.2. The van der Waals surface area contributed by atoms with Crippen LogP contribution >= 0.6 is 0 Å². The molecule has 6 nitrogen and oxygen atoms in total. The Bertz CT molecular complexity index is 1010. The molecule has 2 aromatic rings. The highest BCUT2D eigenvalue weighted by atomic mass is 19.4. The van der Waals surface area contributed by atoms with Crippen molar-refractivity contribution in [1.82, 2.24) is 15.5 Å². The van der Waals surface area contributed by atoms with Crippen molar-refractivity contribution in [2.45, 2.75) is 37.9 Å². The quantitative estimate of drug-likeness (QED) is 0.620. The summed E-state index contributed by atoms with van der Waals surface area (Å²) in [6.45, 7) is 4.99. The number of carbonyl (C=O) groups is 2. The van der Waals surface area contributed by atoms with Crippen molar-refractivity contribution in [3.8, 4) is 0 Å². The molecule has 2 N–H and O–H groups in total. The van der Waals surface area contributed by atoms with Gasteiger partial charge in [0.15, 0.2) is 0 Å². The second kappa shape index (κ2) is 11.1. The van der Waals surface area contributed by atoms with Gasteiger partial charge < -0.3 is 20.4 Å². The number of rotatable bonds is 7. The summed E-state index contributed by atoms with van der Waals surface area (Å²) in [6.07, 6.45) is -0.632. The topological polar surface area (TPSA) is 64.7 Å². The first-order valence-corrected chi connectivity index (χ1v) is 12.1. The maximum Gasteiger partial charge on any atom is 0.416 e. The molecule has 0 spiro atoms. The van der Waals surface area contributed by atoms with Gasteiger partial charge in [-0.05, 0) is 75.2 Å². The van der Waals surface area contributed by atoms with Crippen LogP contribution < -0.4 is 15.5 Å². The molecule has 35 heavy (non-hydrogen) atoms. The fourth-order valence-electron chi connectivity index (χ4n) is 4.71. The number of halogens is 3.